The Kier molecular flexibility index (Phi) is 5.11. The van der Waals surface area contributed by atoms with E-state index < -0.39 is 11.7 Å². The lowest BCUT2D eigenvalue weighted by atomic mass is 10.1. The quantitative estimate of drug-likeness (QED) is 0.788. The molecule has 0 aromatic carbocycles. The maximum absolute atomic E-state index is 12.3. The molecule has 0 spiro atoms. The Hall–Kier alpha value is -1.26. The second-order valence-electron chi connectivity index (χ2n) is 2.62. The van der Waals surface area contributed by atoms with Crippen LogP contribution in [0.4, 0.5) is 19.0 Å². The predicted octanol–water partition coefficient (Wildman–Crippen LogP) is 3.27. The minimum Gasteiger partial charge on any atom is -0.384 e. The van der Waals surface area contributed by atoms with E-state index >= 15 is 0 Å². The molecule has 1 aromatic heterocycles. The maximum Gasteiger partial charge on any atom is 0.416 e. The van der Waals surface area contributed by atoms with Crippen molar-refractivity contribution in [1.29, 1.82) is 0 Å². The van der Waals surface area contributed by atoms with Gasteiger partial charge in [-0.2, -0.15) is 13.2 Å². The summed E-state index contributed by atoms with van der Waals surface area (Å²) < 4.78 is 37.0. The van der Waals surface area contributed by atoms with Crippen molar-refractivity contribution < 1.29 is 13.2 Å². The smallest absolute Gasteiger partial charge is 0.384 e. The average molecular weight is 220 g/mol. The minimum absolute atomic E-state index is 0.107. The number of alkyl halides is 3. The fourth-order valence-electron chi connectivity index (χ4n) is 1.05. The molecule has 0 fully saturated rings. The molecular formula is C10H15F3N2. The first kappa shape index (κ1) is 13.7. The summed E-state index contributed by atoms with van der Waals surface area (Å²) in [4.78, 5) is 3.60. The van der Waals surface area contributed by atoms with Gasteiger partial charge in [0.25, 0.3) is 0 Å². The molecule has 2 nitrogen and oxygen atoms in total. The molecule has 0 saturated heterocycles. The molecule has 1 rings (SSSR count). The third-order valence-electron chi connectivity index (χ3n) is 1.69. The molecule has 2 N–H and O–H groups in total. The summed E-state index contributed by atoms with van der Waals surface area (Å²) in [5, 5.41) is 0. The molecule has 5 heteroatoms. The Balaban J connectivity index is 0.000000921. The van der Waals surface area contributed by atoms with Crippen LogP contribution in [0.2, 0.25) is 0 Å². The van der Waals surface area contributed by atoms with Crippen LogP contribution in [0.25, 0.3) is 0 Å². The van der Waals surface area contributed by atoms with Gasteiger partial charge < -0.3 is 5.73 Å². The fraction of sp³-hybridized carbons (Fsp3) is 0.500. The minimum atomic E-state index is -4.34. The van der Waals surface area contributed by atoms with E-state index in [2.05, 4.69) is 4.98 Å². The largest absolute Gasteiger partial charge is 0.416 e. The Morgan fingerprint density at radius 3 is 2.27 bits per heavy atom. The van der Waals surface area contributed by atoms with Crippen LogP contribution >= 0.6 is 0 Å². The van der Waals surface area contributed by atoms with Gasteiger partial charge in [-0.05, 0) is 18.1 Å². The Labute approximate surface area is 87.3 Å². The number of rotatable bonds is 1. The van der Waals surface area contributed by atoms with E-state index in [-0.39, 0.29) is 11.4 Å². The highest BCUT2D eigenvalue weighted by Gasteiger charge is 2.33. The van der Waals surface area contributed by atoms with Crippen LogP contribution in [-0.4, -0.2) is 4.98 Å². The zero-order valence-corrected chi connectivity index (χ0v) is 9.02. The van der Waals surface area contributed by atoms with Crippen LogP contribution in [0, 0.1) is 0 Å². The van der Waals surface area contributed by atoms with Crippen molar-refractivity contribution in [2.75, 3.05) is 5.73 Å². The lowest BCUT2D eigenvalue weighted by Crippen LogP contribution is -2.10. The van der Waals surface area contributed by atoms with Crippen molar-refractivity contribution in [1.82, 2.24) is 4.98 Å². The standard InChI is InChI=1S/C8H9F3N2.C2H6/c1-2-5-4-13-7(12)3-6(5)8(9,10)11;1-2/h3-4H,2H2,1H3,(H2,12,13);1-2H3. The topological polar surface area (TPSA) is 38.9 Å². The molecule has 15 heavy (non-hydrogen) atoms. The van der Waals surface area contributed by atoms with Crippen LogP contribution in [-0.2, 0) is 12.6 Å². The van der Waals surface area contributed by atoms with Gasteiger partial charge in [0.15, 0.2) is 0 Å². The molecule has 0 radical (unpaired) electrons. The summed E-state index contributed by atoms with van der Waals surface area (Å²) in [6.07, 6.45) is -2.89. The van der Waals surface area contributed by atoms with Crippen molar-refractivity contribution >= 4 is 5.82 Å². The highest BCUT2D eigenvalue weighted by molar-refractivity contribution is 5.38. The summed E-state index contributed by atoms with van der Waals surface area (Å²) in [5.41, 5.74) is 4.64. The van der Waals surface area contributed by atoms with Gasteiger partial charge in [0, 0.05) is 6.20 Å². The van der Waals surface area contributed by atoms with E-state index in [1.807, 2.05) is 13.8 Å². The third-order valence-corrected chi connectivity index (χ3v) is 1.69. The van der Waals surface area contributed by atoms with Crippen LogP contribution in [0.1, 0.15) is 31.9 Å². The van der Waals surface area contributed by atoms with E-state index in [4.69, 9.17) is 5.73 Å². The van der Waals surface area contributed by atoms with E-state index in [9.17, 15) is 13.2 Å². The van der Waals surface area contributed by atoms with Gasteiger partial charge in [-0.15, -0.1) is 0 Å². The Morgan fingerprint density at radius 1 is 1.33 bits per heavy atom. The number of pyridine rings is 1. The van der Waals surface area contributed by atoms with Crippen molar-refractivity contribution in [3.63, 3.8) is 0 Å². The van der Waals surface area contributed by atoms with Gasteiger partial charge >= 0.3 is 6.18 Å². The molecule has 0 amide bonds. The molecule has 0 bridgehead atoms. The summed E-state index contributed by atoms with van der Waals surface area (Å²) in [6, 6.07) is 0.860. The first-order valence-electron chi connectivity index (χ1n) is 4.76. The summed E-state index contributed by atoms with van der Waals surface area (Å²) >= 11 is 0. The highest BCUT2D eigenvalue weighted by atomic mass is 19.4. The monoisotopic (exact) mass is 220 g/mol. The number of halogens is 3. The lowest BCUT2D eigenvalue weighted by Gasteiger charge is -2.11. The number of nitrogens with zero attached hydrogens (tertiary/aromatic N) is 1. The molecular weight excluding hydrogens is 205 g/mol. The molecule has 1 aromatic rings. The number of hydrogen-bond donors (Lipinski definition) is 1. The van der Waals surface area contributed by atoms with Gasteiger partial charge in [-0.25, -0.2) is 4.98 Å². The van der Waals surface area contributed by atoms with Gasteiger partial charge in [0.2, 0.25) is 0 Å². The van der Waals surface area contributed by atoms with E-state index in [0.717, 1.165) is 12.3 Å². The molecule has 0 aliphatic rings. The van der Waals surface area contributed by atoms with E-state index in [1.54, 1.807) is 6.92 Å². The second-order valence-corrected chi connectivity index (χ2v) is 2.62. The van der Waals surface area contributed by atoms with Gasteiger partial charge in [0.1, 0.15) is 5.82 Å². The SMILES string of the molecule is CC.CCc1cnc(N)cc1C(F)(F)F. The molecule has 0 atom stereocenters. The number of nitrogen functional groups attached to an aromatic ring is 1. The molecule has 0 saturated carbocycles. The lowest BCUT2D eigenvalue weighted by molar-refractivity contribution is -0.138. The van der Waals surface area contributed by atoms with Gasteiger partial charge in [0.05, 0.1) is 5.56 Å². The molecule has 1 heterocycles. The predicted molar refractivity (Wildman–Crippen MR) is 54.4 cm³/mol. The van der Waals surface area contributed by atoms with Gasteiger partial charge in [-0.1, -0.05) is 20.8 Å². The van der Waals surface area contributed by atoms with Crippen molar-refractivity contribution in [2.24, 2.45) is 0 Å². The number of hydrogen-bond acceptors (Lipinski definition) is 2. The number of nitrogens with two attached hydrogens (primary N) is 1. The third kappa shape index (κ3) is 3.77. The summed E-state index contributed by atoms with van der Waals surface area (Å²) in [5.74, 6) is -0.107. The zero-order valence-electron chi connectivity index (χ0n) is 9.02. The first-order chi connectivity index (χ1) is 6.95. The molecule has 0 unspecified atom stereocenters. The van der Waals surface area contributed by atoms with E-state index in [1.165, 1.54) is 0 Å². The number of aryl methyl sites for hydroxylation is 1. The van der Waals surface area contributed by atoms with Crippen LogP contribution in [0.5, 0.6) is 0 Å². The molecule has 0 aliphatic heterocycles. The van der Waals surface area contributed by atoms with E-state index in [0.29, 0.717) is 6.42 Å². The number of anilines is 1. The summed E-state index contributed by atoms with van der Waals surface area (Å²) in [7, 11) is 0. The van der Waals surface area contributed by atoms with Crippen molar-refractivity contribution in [3.8, 4) is 0 Å². The normalized spacial score (nSPS) is 10.5. The second kappa shape index (κ2) is 5.58. The zero-order chi connectivity index (χ0) is 12.1. The Bertz CT molecular complexity index is 308. The summed E-state index contributed by atoms with van der Waals surface area (Å²) in [6.45, 7) is 5.64. The molecule has 86 valence electrons. The Morgan fingerprint density at radius 2 is 1.87 bits per heavy atom. The first-order valence-corrected chi connectivity index (χ1v) is 4.76. The van der Waals surface area contributed by atoms with Crippen LogP contribution < -0.4 is 5.73 Å². The van der Waals surface area contributed by atoms with Crippen LogP contribution in [0.3, 0.4) is 0 Å². The van der Waals surface area contributed by atoms with Crippen LogP contribution in [0.15, 0.2) is 12.3 Å². The van der Waals surface area contributed by atoms with Gasteiger partial charge in [-0.3, -0.25) is 0 Å². The number of aromatic nitrogens is 1. The average Bonchev–Trinajstić information content (AvgIpc) is 2.19. The van der Waals surface area contributed by atoms with Crippen molar-refractivity contribution in [2.45, 2.75) is 33.4 Å². The maximum atomic E-state index is 12.3. The molecule has 0 aliphatic carbocycles. The van der Waals surface area contributed by atoms with Crippen molar-refractivity contribution in [3.05, 3.63) is 23.4 Å². The highest BCUT2D eigenvalue weighted by Crippen LogP contribution is 2.32. The fourth-order valence-corrected chi connectivity index (χ4v) is 1.05.